The van der Waals surface area contributed by atoms with Gasteiger partial charge < -0.3 is 20.1 Å². The molecule has 0 fully saturated rings. The normalized spacial score (nSPS) is 15.1. The van der Waals surface area contributed by atoms with Gasteiger partial charge in [-0.3, -0.25) is 29.5 Å². The van der Waals surface area contributed by atoms with Gasteiger partial charge in [-0.2, -0.15) is 27.0 Å². The maximum Gasteiger partial charge on any atom is 0.330 e. The van der Waals surface area contributed by atoms with E-state index in [1.165, 1.54) is 74.9 Å². The van der Waals surface area contributed by atoms with Gasteiger partial charge >= 0.3 is 18.0 Å². The molecule has 2 amide bonds. The van der Waals surface area contributed by atoms with Gasteiger partial charge in [-0.05, 0) is 107 Å². The highest BCUT2D eigenvalue weighted by molar-refractivity contribution is 7.91. The van der Waals surface area contributed by atoms with Crippen LogP contribution in [0.15, 0.2) is 117 Å². The summed E-state index contributed by atoms with van der Waals surface area (Å²) in [5, 5.41) is 13.0. The van der Waals surface area contributed by atoms with Crippen molar-refractivity contribution < 1.29 is 59.4 Å². The molecule has 316 valence electrons. The fraction of sp³-hybridized carbons (Fsp3) is 0.0488. The summed E-state index contributed by atoms with van der Waals surface area (Å²) in [6.45, 7) is 0. The summed E-state index contributed by atoms with van der Waals surface area (Å²) in [6, 6.07) is 19.7. The lowest BCUT2D eigenvalue weighted by Gasteiger charge is -2.18. The Morgan fingerprint density at radius 2 is 0.919 bits per heavy atom. The quantitative estimate of drug-likeness (QED) is 0.0444. The number of urea groups is 1. The van der Waals surface area contributed by atoms with E-state index in [4.69, 9.17) is 0 Å². The van der Waals surface area contributed by atoms with Crippen LogP contribution in [0.3, 0.4) is 0 Å². The molecule has 21 heteroatoms. The van der Waals surface area contributed by atoms with Gasteiger partial charge in [0.1, 0.15) is 9.81 Å². The summed E-state index contributed by atoms with van der Waals surface area (Å²) in [7, 11) is -7.52. The average molecular weight is 881 g/mol. The van der Waals surface area contributed by atoms with Crippen molar-refractivity contribution in [2.75, 3.05) is 35.7 Å². The molecule has 6 rings (SSSR count). The third-order valence-electron chi connectivity index (χ3n) is 8.78. The Morgan fingerprint density at radius 1 is 0.565 bits per heavy atom. The summed E-state index contributed by atoms with van der Waals surface area (Å²) in [5.74, 6) is -2.83. The van der Waals surface area contributed by atoms with Crippen LogP contribution in [0.2, 0.25) is 0 Å². The van der Waals surface area contributed by atoms with E-state index in [0.29, 0.717) is 22.5 Å². The zero-order valence-corrected chi connectivity index (χ0v) is 33.8. The molecule has 0 saturated carbocycles. The van der Waals surface area contributed by atoms with E-state index in [9.17, 15) is 49.9 Å². The Labute approximate surface area is 352 Å². The molecule has 4 aromatic rings. The molecule has 19 nitrogen and oxygen atoms in total. The molecule has 0 unspecified atom stereocenters. The van der Waals surface area contributed by atoms with Gasteiger partial charge in [0.25, 0.3) is 20.2 Å². The number of allylic oxidation sites excluding steroid dienone is 2. The number of hydrogen-bond acceptors (Lipinski definition) is 15. The fourth-order valence-corrected chi connectivity index (χ4v) is 7.09. The lowest BCUT2D eigenvalue weighted by Crippen LogP contribution is -2.27. The van der Waals surface area contributed by atoms with Crippen molar-refractivity contribution in [2.45, 2.75) is 0 Å². The number of carbonyl (C=O) groups is 5. The first-order chi connectivity index (χ1) is 29.4. The zero-order chi connectivity index (χ0) is 44.8. The second-order valence-electron chi connectivity index (χ2n) is 12.9. The van der Waals surface area contributed by atoms with E-state index in [2.05, 4.69) is 41.2 Å². The Hall–Kier alpha value is -7.85. The minimum Gasteiger partial charge on any atom is -0.466 e. The molecule has 6 N–H and O–H groups in total. The van der Waals surface area contributed by atoms with E-state index >= 15 is 0 Å². The predicted octanol–water partition coefficient (Wildman–Crippen LogP) is 5.49. The fourth-order valence-electron chi connectivity index (χ4n) is 5.77. The van der Waals surface area contributed by atoms with Crippen molar-refractivity contribution in [2.24, 2.45) is 10.2 Å². The topological polar surface area (TPSA) is 285 Å². The molecule has 0 spiro atoms. The second kappa shape index (κ2) is 18.2. The number of rotatable bonds is 12. The van der Waals surface area contributed by atoms with E-state index in [0.717, 1.165) is 12.2 Å². The van der Waals surface area contributed by atoms with Crippen LogP contribution in [0, 0.1) is 0 Å². The van der Waals surface area contributed by atoms with Crippen molar-refractivity contribution in [1.82, 2.24) is 0 Å². The van der Waals surface area contributed by atoms with Crippen molar-refractivity contribution in [3.63, 3.8) is 0 Å². The van der Waals surface area contributed by atoms with Gasteiger partial charge in [0, 0.05) is 34.7 Å². The van der Waals surface area contributed by atoms with Crippen molar-refractivity contribution in [3.8, 4) is 0 Å². The lowest BCUT2D eigenvalue weighted by atomic mass is 9.94. The summed E-state index contributed by atoms with van der Waals surface area (Å²) in [4.78, 5) is 61.1. The maximum atomic E-state index is 13.5. The molecular weight excluding hydrogens is 849 g/mol. The number of methoxy groups -OCH3 is 2. The van der Waals surface area contributed by atoms with E-state index in [-0.39, 0.29) is 33.6 Å². The number of nitrogens with zero attached hydrogens (tertiary/aromatic N) is 2. The highest BCUT2D eigenvalue weighted by atomic mass is 32.2. The molecular formula is C41H32N6O13S2. The Kier molecular flexibility index (Phi) is 12.8. The van der Waals surface area contributed by atoms with Gasteiger partial charge in [-0.25, -0.2) is 14.4 Å². The van der Waals surface area contributed by atoms with E-state index < -0.39 is 71.0 Å². The predicted molar refractivity (Wildman–Crippen MR) is 230 cm³/mol. The third-order valence-corrected chi connectivity index (χ3v) is 10.5. The van der Waals surface area contributed by atoms with Crippen LogP contribution in [-0.2, 0) is 39.3 Å². The van der Waals surface area contributed by atoms with Crippen LogP contribution in [0.4, 0.5) is 27.5 Å². The number of carbonyl (C=O) groups excluding carboxylic acids is 5. The molecule has 4 aromatic carbocycles. The summed E-state index contributed by atoms with van der Waals surface area (Å²) < 4.78 is 78.7. The van der Waals surface area contributed by atoms with Gasteiger partial charge in [0.05, 0.1) is 25.6 Å². The number of benzene rings is 4. The Balaban J connectivity index is 1.16. The number of nitrogens with one attached hydrogen (secondary N) is 4. The summed E-state index contributed by atoms with van der Waals surface area (Å²) >= 11 is 0. The van der Waals surface area contributed by atoms with Crippen LogP contribution in [0.25, 0.3) is 24.3 Å². The van der Waals surface area contributed by atoms with E-state index in [1.807, 2.05) is 0 Å². The van der Waals surface area contributed by atoms with Crippen molar-refractivity contribution >= 4 is 108 Å². The molecule has 2 aliphatic rings. The molecule has 2 aliphatic carbocycles. The number of amides is 2. The van der Waals surface area contributed by atoms with Crippen molar-refractivity contribution in [3.05, 3.63) is 140 Å². The highest BCUT2D eigenvalue weighted by Crippen LogP contribution is 2.30. The van der Waals surface area contributed by atoms with Crippen LogP contribution < -0.4 is 21.5 Å². The molecule has 0 aliphatic heterocycles. The molecule has 62 heavy (non-hydrogen) atoms. The molecule has 0 radical (unpaired) electrons. The zero-order valence-electron chi connectivity index (χ0n) is 32.1. The Morgan fingerprint density at radius 3 is 1.26 bits per heavy atom. The first-order valence-corrected chi connectivity index (χ1v) is 20.6. The number of Topliss-reactive ketones (excluding diaryl/α,β-unsaturated/α-hetero) is 2. The third kappa shape index (κ3) is 10.5. The first kappa shape index (κ1) is 43.7. The number of fused-ring (bicyclic) bond motifs is 2. The van der Waals surface area contributed by atoms with Crippen LogP contribution in [-0.4, -0.2) is 81.1 Å². The average Bonchev–Trinajstić information content (AvgIpc) is 3.23. The van der Waals surface area contributed by atoms with Gasteiger partial charge in [0.2, 0.25) is 11.6 Å². The molecule has 0 atom stereocenters. The smallest absolute Gasteiger partial charge is 0.330 e. The first-order valence-electron chi connectivity index (χ1n) is 17.7. The van der Waals surface area contributed by atoms with Crippen LogP contribution in [0.5, 0.6) is 0 Å². The number of anilines is 4. The standard InChI is InChI=1S/C41H32N6O13S2/c1-59-35(48)17-7-23-3-9-27(10-4-23)44-46-37-33(61(53,54)55)21-25-19-29(13-15-31(25)39(37)50)42-41(52)43-30-14-16-32-26(20-30)22-34(62(56,57)58)38(40(32)51)47-45-28-11-5-24(6-12-28)8-18-36(49)60-2/h3-22,44-45H,1-2H3,(H2,42,43,52)(H,53,54,55)(H,56,57,58)/b17-7+,18-8+,46-37-,47-38-. The molecule has 0 aromatic heterocycles. The summed E-state index contributed by atoms with van der Waals surface area (Å²) in [6.07, 6.45) is 7.44. The summed E-state index contributed by atoms with van der Waals surface area (Å²) in [5.41, 5.74) is 6.07. The number of esters is 2. The number of hydrazone groups is 2. The molecule has 0 heterocycles. The largest absolute Gasteiger partial charge is 0.466 e. The minimum absolute atomic E-state index is 0.00566. The van der Waals surface area contributed by atoms with E-state index in [1.54, 1.807) is 48.5 Å². The molecule has 0 bridgehead atoms. The van der Waals surface area contributed by atoms with Crippen LogP contribution in [0.1, 0.15) is 43.0 Å². The number of hydrogen-bond donors (Lipinski definition) is 6. The minimum atomic E-state index is -5.00. The molecule has 0 saturated heterocycles. The monoisotopic (exact) mass is 880 g/mol. The number of ether oxygens (including phenoxy) is 2. The maximum absolute atomic E-state index is 13.5. The van der Waals surface area contributed by atoms with Crippen molar-refractivity contribution in [1.29, 1.82) is 0 Å². The van der Waals surface area contributed by atoms with Gasteiger partial charge in [-0.1, -0.05) is 24.3 Å². The van der Waals surface area contributed by atoms with Gasteiger partial charge in [-0.15, -0.1) is 0 Å². The van der Waals surface area contributed by atoms with Crippen LogP contribution >= 0.6 is 0 Å². The SMILES string of the molecule is COC(=O)/C=C/c1ccc(N/N=C2\C(=O)c3ccc(NC(=O)Nc4ccc5c(c4)C=C(S(=O)(=O)O)/C(=N/Nc4ccc(/C=C/C(=O)OC)cc4)C5=O)cc3C=C2S(=O)(=O)O)cc1. The van der Waals surface area contributed by atoms with Gasteiger partial charge in [0.15, 0.2) is 11.4 Å². The lowest BCUT2D eigenvalue weighted by molar-refractivity contribution is -0.135. The second-order valence-corrected chi connectivity index (χ2v) is 15.7. The number of ketones is 2. The Bertz CT molecular complexity index is 2750. The highest BCUT2D eigenvalue weighted by Gasteiger charge is 2.34.